The number of hydrogen-bond acceptors (Lipinski definition) is 4. The third-order valence-electron chi connectivity index (χ3n) is 3.79. The zero-order valence-electron chi connectivity index (χ0n) is 14.1. The van der Waals surface area contributed by atoms with Gasteiger partial charge in [0.15, 0.2) is 15.7 Å². The summed E-state index contributed by atoms with van der Waals surface area (Å²) in [7, 11) is -3.46. The maximum Gasteiger partial charge on any atom is 0.453 e. The zero-order valence-corrected chi connectivity index (χ0v) is 14.9. The lowest BCUT2D eigenvalue weighted by Gasteiger charge is -2.08. The van der Waals surface area contributed by atoms with E-state index in [2.05, 4.69) is 10.1 Å². The smallest absolute Gasteiger partial charge is 0.224 e. The second-order valence-corrected chi connectivity index (χ2v) is 7.91. The highest BCUT2D eigenvalue weighted by Gasteiger charge is 2.37. The van der Waals surface area contributed by atoms with Gasteiger partial charge in [0.1, 0.15) is 5.82 Å². The number of halogens is 4. The molecule has 2 aromatic carbocycles. The number of rotatable bonds is 3. The molecule has 0 bridgehead atoms. The van der Waals surface area contributed by atoms with E-state index < -0.39 is 27.7 Å². The number of aryl methyl sites for hydroxylation is 1. The average molecular weight is 399 g/mol. The van der Waals surface area contributed by atoms with Crippen molar-refractivity contribution in [3.63, 3.8) is 0 Å². The van der Waals surface area contributed by atoms with Crippen LogP contribution >= 0.6 is 0 Å². The van der Waals surface area contributed by atoms with E-state index in [9.17, 15) is 26.0 Å². The maximum atomic E-state index is 13.5. The first-order valence-corrected chi connectivity index (χ1v) is 9.47. The van der Waals surface area contributed by atoms with Crippen molar-refractivity contribution in [3.05, 3.63) is 59.7 Å². The molecule has 1 heterocycles. The SMILES string of the molecule is Cc1cc(-c2nc(C(F)(F)F)nn2-c2ccc(S(C)(=O)=O)cc2)ccc1F. The molecule has 0 N–H and O–H groups in total. The Morgan fingerprint density at radius 2 is 1.67 bits per heavy atom. The van der Waals surface area contributed by atoms with E-state index in [1.165, 1.54) is 43.3 Å². The molecule has 3 rings (SSSR count). The molecule has 0 aliphatic carbocycles. The molecule has 0 spiro atoms. The van der Waals surface area contributed by atoms with Crippen LogP contribution < -0.4 is 0 Å². The van der Waals surface area contributed by atoms with Gasteiger partial charge in [-0.25, -0.2) is 22.5 Å². The molecule has 0 aliphatic heterocycles. The molecule has 27 heavy (non-hydrogen) atoms. The van der Waals surface area contributed by atoms with Crippen molar-refractivity contribution in [3.8, 4) is 17.1 Å². The first-order chi connectivity index (χ1) is 12.5. The van der Waals surface area contributed by atoms with Gasteiger partial charge in [0.05, 0.1) is 10.6 Å². The predicted octanol–water partition coefficient (Wildman–Crippen LogP) is 3.80. The van der Waals surface area contributed by atoms with Gasteiger partial charge in [-0.1, -0.05) is 0 Å². The maximum absolute atomic E-state index is 13.5. The van der Waals surface area contributed by atoms with Crippen molar-refractivity contribution < 1.29 is 26.0 Å². The highest BCUT2D eigenvalue weighted by Crippen LogP contribution is 2.31. The largest absolute Gasteiger partial charge is 0.453 e. The van der Waals surface area contributed by atoms with E-state index >= 15 is 0 Å². The van der Waals surface area contributed by atoms with Gasteiger partial charge in [0, 0.05) is 11.8 Å². The quantitative estimate of drug-likeness (QED) is 0.629. The molecule has 5 nitrogen and oxygen atoms in total. The van der Waals surface area contributed by atoms with Crippen LogP contribution in [0.1, 0.15) is 11.4 Å². The monoisotopic (exact) mass is 399 g/mol. The van der Waals surface area contributed by atoms with E-state index in [1.807, 2.05) is 0 Å². The summed E-state index contributed by atoms with van der Waals surface area (Å²) in [5, 5.41) is 3.51. The summed E-state index contributed by atoms with van der Waals surface area (Å²) in [5.74, 6) is -2.00. The second-order valence-electron chi connectivity index (χ2n) is 5.90. The molecule has 0 amide bonds. The molecule has 1 aromatic heterocycles. The Morgan fingerprint density at radius 1 is 1.04 bits per heavy atom. The summed E-state index contributed by atoms with van der Waals surface area (Å²) < 4.78 is 76.9. The normalized spacial score (nSPS) is 12.4. The van der Waals surface area contributed by atoms with Crippen LogP contribution in [-0.4, -0.2) is 29.4 Å². The number of nitrogens with zero attached hydrogens (tertiary/aromatic N) is 3. The third-order valence-corrected chi connectivity index (χ3v) is 4.91. The Kier molecular flexibility index (Phi) is 4.54. The van der Waals surface area contributed by atoms with Crippen LogP contribution in [0, 0.1) is 12.7 Å². The van der Waals surface area contributed by atoms with Gasteiger partial charge in [-0.05, 0) is 55.0 Å². The number of benzene rings is 2. The van der Waals surface area contributed by atoms with Crippen LogP contribution in [0.3, 0.4) is 0 Å². The van der Waals surface area contributed by atoms with Gasteiger partial charge in [0.25, 0.3) is 5.82 Å². The number of aromatic nitrogens is 3. The fourth-order valence-corrected chi connectivity index (χ4v) is 3.05. The summed E-state index contributed by atoms with van der Waals surface area (Å²) in [5.41, 5.74) is 0.662. The van der Waals surface area contributed by atoms with Crippen LogP contribution in [0.4, 0.5) is 17.6 Å². The lowest BCUT2D eigenvalue weighted by atomic mass is 10.1. The molecule has 142 valence electrons. The highest BCUT2D eigenvalue weighted by atomic mass is 32.2. The number of sulfone groups is 1. The zero-order chi connectivity index (χ0) is 20.0. The van der Waals surface area contributed by atoms with Crippen LogP contribution in [0.25, 0.3) is 17.1 Å². The Labute approximate surface area is 152 Å². The van der Waals surface area contributed by atoms with Crippen LogP contribution in [0.15, 0.2) is 47.4 Å². The van der Waals surface area contributed by atoms with E-state index in [0.29, 0.717) is 0 Å². The van der Waals surface area contributed by atoms with Gasteiger partial charge in [-0.2, -0.15) is 13.2 Å². The molecule has 0 saturated heterocycles. The standard InChI is InChI=1S/C17H13F4N3O2S/c1-10-9-11(3-8-14(10)18)15-22-16(17(19,20)21)23-24(15)12-4-6-13(7-5-12)27(2,25)26/h3-9H,1-2H3. The van der Waals surface area contributed by atoms with Crippen LogP contribution in [0.5, 0.6) is 0 Å². The summed E-state index contributed by atoms with van der Waals surface area (Å²) in [4.78, 5) is 3.57. The first-order valence-electron chi connectivity index (χ1n) is 7.58. The molecular formula is C17H13F4N3O2S. The summed E-state index contributed by atoms with van der Waals surface area (Å²) in [6, 6.07) is 8.97. The molecule has 0 fully saturated rings. The third kappa shape index (κ3) is 3.85. The van der Waals surface area contributed by atoms with Crippen molar-refractivity contribution in [2.24, 2.45) is 0 Å². The van der Waals surface area contributed by atoms with Gasteiger partial charge in [-0.3, -0.25) is 0 Å². The number of hydrogen-bond donors (Lipinski definition) is 0. The van der Waals surface area contributed by atoms with E-state index in [0.717, 1.165) is 17.0 Å². The molecule has 0 radical (unpaired) electrons. The molecule has 10 heteroatoms. The van der Waals surface area contributed by atoms with Crippen molar-refractivity contribution in [2.45, 2.75) is 18.0 Å². The Balaban J connectivity index is 2.19. The molecule has 3 aromatic rings. The summed E-state index contributed by atoms with van der Waals surface area (Å²) in [6.07, 6.45) is -3.76. The summed E-state index contributed by atoms with van der Waals surface area (Å²) >= 11 is 0. The minimum absolute atomic E-state index is 0.0154. The Bertz CT molecular complexity index is 1100. The van der Waals surface area contributed by atoms with Crippen LogP contribution in [-0.2, 0) is 16.0 Å². The Hall–Kier alpha value is -2.75. The van der Waals surface area contributed by atoms with E-state index in [4.69, 9.17) is 0 Å². The fraction of sp³-hybridized carbons (Fsp3) is 0.176. The van der Waals surface area contributed by atoms with Crippen LogP contribution in [0.2, 0.25) is 0 Å². The topological polar surface area (TPSA) is 64.8 Å². The molecule has 0 saturated carbocycles. The molecule has 0 unspecified atom stereocenters. The lowest BCUT2D eigenvalue weighted by molar-refractivity contribution is -0.144. The van der Waals surface area contributed by atoms with Crippen molar-refractivity contribution in [1.82, 2.24) is 14.8 Å². The molecule has 0 atom stereocenters. The van der Waals surface area contributed by atoms with Gasteiger partial charge >= 0.3 is 6.18 Å². The van der Waals surface area contributed by atoms with Crippen molar-refractivity contribution in [1.29, 1.82) is 0 Å². The fourth-order valence-electron chi connectivity index (χ4n) is 2.42. The minimum atomic E-state index is -4.78. The van der Waals surface area contributed by atoms with E-state index in [-0.39, 0.29) is 27.5 Å². The predicted molar refractivity (Wildman–Crippen MR) is 89.6 cm³/mol. The molecular weight excluding hydrogens is 386 g/mol. The second kappa shape index (κ2) is 6.45. The van der Waals surface area contributed by atoms with Gasteiger partial charge < -0.3 is 0 Å². The number of alkyl halides is 3. The van der Waals surface area contributed by atoms with Crippen molar-refractivity contribution in [2.75, 3.05) is 6.26 Å². The first kappa shape index (κ1) is 19.0. The van der Waals surface area contributed by atoms with Gasteiger partial charge in [0.2, 0.25) is 0 Å². The van der Waals surface area contributed by atoms with Gasteiger partial charge in [-0.15, -0.1) is 5.10 Å². The van der Waals surface area contributed by atoms with E-state index in [1.54, 1.807) is 0 Å². The average Bonchev–Trinajstić information content (AvgIpc) is 3.02. The lowest BCUT2D eigenvalue weighted by Crippen LogP contribution is -2.08. The molecule has 0 aliphatic rings. The Morgan fingerprint density at radius 3 is 2.19 bits per heavy atom. The summed E-state index contributed by atoms with van der Waals surface area (Å²) in [6.45, 7) is 1.48. The van der Waals surface area contributed by atoms with Crippen molar-refractivity contribution >= 4 is 9.84 Å². The highest BCUT2D eigenvalue weighted by molar-refractivity contribution is 7.90. The minimum Gasteiger partial charge on any atom is -0.224 e.